The number of nitrogens with one attached hydrogen (secondary N) is 1. The van der Waals surface area contributed by atoms with Gasteiger partial charge in [-0.25, -0.2) is 9.37 Å². The Hall–Kier alpha value is -4.38. The van der Waals surface area contributed by atoms with Crippen molar-refractivity contribution >= 4 is 23.3 Å². The van der Waals surface area contributed by atoms with E-state index in [1.807, 2.05) is 51.1 Å². The van der Waals surface area contributed by atoms with Crippen molar-refractivity contribution in [1.29, 1.82) is 0 Å². The Labute approximate surface area is 224 Å². The predicted molar refractivity (Wildman–Crippen MR) is 142 cm³/mol. The Kier molecular flexibility index (Phi) is 7.00. The highest BCUT2D eigenvalue weighted by Crippen LogP contribution is 2.29. The topological polar surface area (TPSA) is 111 Å². The molecule has 0 fully saturated rings. The quantitative estimate of drug-likeness (QED) is 0.355. The molecule has 202 valence electrons. The maximum absolute atomic E-state index is 13.8. The van der Waals surface area contributed by atoms with Crippen molar-refractivity contribution in [3.05, 3.63) is 93.4 Å². The van der Waals surface area contributed by atoms with Crippen LogP contribution < -0.4 is 10.9 Å². The van der Waals surface area contributed by atoms with Crippen molar-refractivity contribution in [2.45, 2.75) is 52.4 Å². The fraction of sp³-hybridized carbons (Fsp3) is 0.321. The number of anilines is 1. The lowest BCUT2D eigenvalue weighted by atomic mass is 10.0. The number of benzene rings is 1. The number of carbonyl (C=O) groups is 2. The van der Waals surface area contributed by atoms with E-state index in [1.165, 1.54) is 21.2 Å². The van der Waals surface area contributed by atoms with Gasteiger partial charge in [0.15, 0.2) is 0 Å². The number of amides is 2. The number of aromatic nitrogens is 4. The van der Waals surface area contributed by atoms with Gasteiger partial charge in [0.1, 0.15) is 29.5 Å². The standard InChI is InChI=1S/C28H29FN6O4/c1-4-20-12-24-33(15-23(36)31-22-11-10-19(29)13-30-22)25-21(26(37)35(24)32-20)14-34(27(25)38)28(2,3)17-39-16-18-8-6-5-7-9-18/h5-13H,4,14-17H2,1-3H3,(H,30,31,36). The fourth-order valence-electron chi connectivity index (χ4n) is 4.68. The highest BCUT2D eigenvalue weighted by molar-refractivity contribution is 5.99. The lowest BCUT2D eigenvalue weighted by molar-refractivity contribution is -0.116. The zero-order chi connectivity index (χ0) is 27.7. The first-order chi connectivity index (χ1) is 18.7. The van der Waals surface area contributed by atoms with Crippen LogP contribution in [-0.4, -0.2) is 48.0 Å². The van der Waals surface area contributed by atoms with Gasteiger partial charge in [-0.2, -0.15) is 9.61 Å². The number of hydrogen-bond donors (Lipinski definition) is 1. The minimum atomic E-state index is -0.744. The molecular formula is C28H29FN6O4. The number of fused-ring (bicyclic) bond motifs is 2. The fourth-order valence-corrected chi connectivity index (χ4v) is 4.68. The summed E-state index contributed by atoms with van der Waals surface area (Å²) in [5.74, 6) is -1.22. The minimum absolute atomic E-state index is 0.0626. The van der Waals surface area contributed by atoms with Crippen molar-refractivity contribution in [1.82, 2.24) is 24.1 Å². The van der Waals surface area contributed by atoms with Gasteiger partial charge in [0.25, 0.3) is 11.5 Å². The van der Waals surface area contributed by atoms with E-state index >= 15 is 0 Å². The van der Waals surface area contributed by atoms with Gasteiger partial charge in [-0.1, -0.05) is 37.3 Å². The van der Waals surface area contributed by atoms with E-state index in [0.29, 0.717) is 24.4 Å². The number of aryl methyl sites for hydroxylation is 1. The monoisotopic (exact) mass is 532 g/mol. The van der Waals surface area contributed by atoms with Gasteiger partial charge in [0.2, 0.25) is 5.91 Å². The van der Waals surface area contributed by atoms with Gasteiger partial charge in [-0.15, -0.1) is 0 Å². The van der Waals surface area contributed by atoms with Crippen LogP contribution in [0, 0.1) is 5.82 Å². The minimum Gasteiger partial charge on any atom is -0.374 e. The van der Waals surface area contributed by atoms with Crippen LogP contribution in [-0.2, 0) is 35.6 Å². The molecule has 4 heterocycles. The van der Waals surface area contributed by atoms with E-state index in [4.69, 9.17) is 4.74 Å². The summed E-state index contributed by atoms with van der Waals surface area (Å²) in [5.41, 5.74) is 1.28. The third-order valence-electron chi connectivity index (χ3n) is 6.74. The van der Waals surface area contributed by atoms with Gasteiger partial charge in [0, 0.05) is 6.07 Å². The molecule has 11 heteroatoms. The van der Waals surface area contributed by atoms with Gasteiger partial charge >= 0.3 is 0 Å². The SMILES string of the molecule is CCc1cc2n(CC(=O)Nc3ccc(F)cn3)c3c(c(=O)n2n1)CN(C(C)(C)COCc1ccccc1)C3=O. The first kappa shape index (κ1) is 26.2. The van der Waals surface area contributed by atoms with Crippen LogP contribution in [0.1, 0.15) is 48.1 Å². The molecule has 10 nitrogen and oxygen atoms in total. The molecule has 4 aromatic rings. The van der Waals surface area contributed by atoms with E-state index in [1.54, 1.807) is 11.0 Å². The number of rotatable bonds is 9. The lowest BCUT2D eigenvalue weighted by Gasteiger charge is -2.35. The maximum atomic E-state index is 13.8. The number of pyridine rings is 1. The number of hydrogen-bond acceptors (Lipinski definition) is 6. The molecule has 0 unspecified atom stereocenters. The number of ether oxygens (including phenoxy) is 1. The molecule has 0 radical (unpaired) electrons. The second-order valence-corrected chi connectivity index (χ2v) is 10.1. The number of nitrogens with zero attached hydrogens (tertiary/aromatic N) is 5. The van der Waals surface area contributed by atoms with Crippen LogP contribution in [0.15, 0.2) is 59.5 Å². The summed E-state index contributed by atoms with van der Waals surface area (Å²) in [6, 6.07) is 14.0. The van der Waals surface area contributed by atoms with Crippen molar-refractivity contribution < 1.29 is 18.7 Å². The molecule has 0 aliphatic carbocycles. The van der Waals surface area contributed by atoms with Crippen LogP contribution >= 0.6 is 0 Å². The maximum Gasteiger partial charge on any atom is 0.280 e. The molecule has 1 N–H and O–H groups in total. The Balaban J connectivity index is 1.45. The van der Waals surface area contributed by atoms with E-state index in [0.717, 1.165) is 11.8 Å². The third-order valence-corrected chi connectivity index (χ3v) is 6.74. The van der Waals surface area contributed by atoms with Crippen molar-refractivity contribution in [2.24, 2.45) is 0 Å². The van der Waals surface area contributed by atoms with Gasteiger partial charge < -0.3 is 19.5 Å². The van der Waals surface area contributed by atoms with E-state index in [9.17, 15) is 18.8 Å². The summed E-state index contributed by atoms with van der Waals surface area (Å²) in [7, 11) is 0. The van der Waals surface area contributed by atoms with Crippen LogP contribution in [0.2, 0.25) is 0 Å². The first-order valence-electron chi connectivity index (χ1n) is 12.7. The van der Waals surface area contributed by atoms with Crippen molar-refractivity contribution in [3.8, 4) is 0 Å². The summed E-state index contributed by atoms with van der Waals surface area (Å²) >= 11 is 0. The molecule has 0 saturated carbocycles. The Bertz CT molecular complexity index is 1590. The zero-order valence-electron chi connectivity index (χ0n) is 22.0. The third kappa shape index (κ3) is 5.17. The van der Waals surface area contributed by atoms with Gasteiger partial charge in [-0.05, 0) is 38.0 Å². The largest absolute Gasteiger partial charge is 0.374 e. The van der Waals surface area contributed by atoms with Gasteiger partial charge in [0.05, 0.1) is 42.8 Å². The molecule has 0 spiro atoms. The van der Waals surface area contributed by atoms with E-state index < -0.39 is 22.8 Å². The molecule has 0 atom stereocenters. The average molecular weight is 533 g/mol. The number of halogens is 1. The molecule has 2 amide bonds. The van der Waals surface area contributed by atoms with Crippen LogP contribution in [0.4, 0.5) is 10.2 Å². The zero-order valence-corrected chi connectivity index (χ0v) is 22.0. The summed E-state index contributed by atoms with van der Waals surface area (Å²) in [6.07, 6.45) is 1.57. The number of carbonyl (C=O) groups excluding carboxylic acids is 2. The Morgan fingerprint density at radius 2 is 1.92 bits per heavy atom. The van der Waals surface area contributed by atoms with E-state index in [-0.39, 0.29) is 42.7 Å². The summed E-state index contributed by atoms with van der Waals surface area (Å²) in [5, 5.41) is 7.03. The van der Waals surface area contributed by atoms with Crippen molar-refractivity contribution in [2.75, 3.05) is 11.9 Å². The highest BCUT2D eigenvalue weighted by atomic mass is 19.1. The second kappa shape index (κ2) is 10.4. The predicted octanol–water partition coefficient (Wildman–Crippen LogP) is 3.18. The lowest BCUT2D eigenvalue weighted by Crippen LogP contribution is -2.47. The summed E-state index contributed by atoms with van der Waals surface area (Å²) in [4.78, 5) is 45.8. The highest BCUT2D eigenvalue weighted by Gasteiger charge is 2.42. The smallest absolute Gasteiger partial charge is 0.280 e. The van der Waals surface area contributed by atoms with Crippen LogP contribution in [0.25, 0.3) is 5.65 Å². The van der Waals surface area contributed by atoms with Crippen LogP contribution in [0.3, 0.4) is 0 Å². The van der Waals surface area contributed by atoms with Crippen LogP contribution in [0.5, 0.6) is 0 Å². The molecule has 3 aromatic heterocycles. The molecule has 1 aliphatic heterocycles. The Morgan fingerprint density at radius 3 is 2.62 bits per heavy atom. The molecule has 0 saturated heterocycles. The molecule has 5 rings (SSSR count). The molecular weight excluding hydrogens is 503 g/mol. The first-order valence-corrected chi connectivity index (χ1v) is 12.7. The van der Waals surface area contributed by atoms with E-state index in [2.05, 4.69) is 15.4 Å². The van der Waals surface area contributed by atoms with Gasteiger partial charge in [-0.3, -0.25) is 14.4 Å². The Morgan fingerprint density at radius 1 is 1.15 bits per heavy atom. The molecule has 1 aliphatic rings. The average Bonchev–Trinajstić information content (AvgIpc) is 3.51. The second-order valence-electron chi connectivity index (χ2n) is 10.1. The normalized spacial score (nSPS) is 13.2. The summed E-state index contributed by atoms with van der Waals surface area (Å²) < 4.78 is 21.9. The summed E-state index contributed by atoms with van der Waals surface area (Å²) in [6.45, 7) is 6.08. The molecule has 1 aromatic carbocycles. The molecule has 0 bridgehead atoms. The van der Waals surface area contributed by atoms with Crippen molar-refractivity contribution in [3.63, 3.8) is 0 Å². The molecule has 39 heavy (non-hydrogen) atoms.